The van der Waals surface area contributed by atoms with Gasteiger partial charge in [-0.25, -0.2) is 0 Å². The van der Waals surface area contributed by atoms with Gasteiger partial charge in [-0.3, -0.25) is 30.1 Å². The highest BCUT2D eigenvalue weighted by molar-refractivity contribution is 7.71. The summed E-state index contributed by atoms with van der Waals surface area (Å²) < 4.78 is 7.56. The molecule has 0 saturated carbocycles. The first kappa shape index (κ1) is 21.5. The molecule has 0 aliphatic heterocycles. The van der Waals surface area contributed by atoms with Gasteiger partial charge < -0.3 is 4.74 Å². The van der Waals surface area contributed by atoms with E-state index in [1.54, 1.807) is 10.6 Å². The van der Waals surface area contributed by atoms with Gasteiger partial charge >= 0.3 is 0 Å². The fourth-order valence-corrected chi connectivity index (χ4v) is 3.93. The minimum absolute atomic E-state index is 0.0967. The first-order valence-electron chi connectivity index (χ1n) is 9.66. The summed E-state index contributed by atoms with van der Waals surface area (Å²) in [4.78, 5) is 25.4. The van der Waals surface area contributed by atoms with Crippen molar-refractivity contribution in [2.24, 2.45) is 0 Å². The Kier molecular flexibility index (Phi) is 6.73. The van der Waals surface area contributed by atoms with Gasteiger partial charge in [-0.2, -0.15) is 5.10 Å². The predicted octanol–water partition coefficient (Wildman–Crippen LogP) is 3.56. The first-order chi connectivity index (χ1) is 15.6. The zero-order chi connectivity index (χ0) is 22.3. The van der Waals surface area contributed by atoms with Crippen LogP contribution in [0.1, 0.15) is 0 Å². The number of hydrazine groups is 1. The van der Waals surface area contributed by atoms with Crippen LogP contribution in [0.25, 0.3) is 21.8 Å². The highest BCUT2D eigenvalue weighted by Crippen LogP contribution is 2.29. The number of ether oxygens (including phenoxy) is 1. The number of aromatic nitrogens is 3. The maximum absolute atomic E-state index is 12.3. The fraction of sp³-hybridized carbons (Fsp3) is 0.0909. The lowest BCUT2D eigenvalue weighted by molar-refractivity contribution is -0.130. The van der Waals surface area contributed by atoms with Crippen LogP contribution in [0.2, 0.25) is 0 Å². The lowest BCUT2D eigenvalue weighted by Gasteiger charge is -2.12. The molecule has 0 unspecified atom stereocenters. The zero-order valence-electron chi connectivity index (χ0n) is 16.8. The summed E-state index contributed by atoms with van der Waals surface area (Å²) in [5, 5.41) is 8.77. The summed E-state index contributed by atoms with van der Waals surface area (Å²) in [7, 11) is 0. The zero-order valence-corrected chi connectivity index (χ0v) is 18.4. The molecule has 3 N–H and O–H groups in total. The standard InChI is InChI=1S/C22H19N5O3S2/c28-19(13-27-21(25-26-22(27)31)18-11-6-12-32-18)23-24-20(29)14-30-17-10-5-4-9-16(17)15-7-2-1-3-8-15/h1-12H,13-14H2,(H,23,28)(H,24,29)(H,26,31). The number of hydrogen-bond acceptors (Lipinski definition) is 6. The van der Waals surface area contributed by atoms with Crippen LogP contribution < -0.4 is 15.6 Å². The molecule has 162 valence electrons. The predicted molar refractivity (Wildman–Crippen MR) is 124 cm³/mol. The smallest absolute Gasteiger partial charge is 0.276 e. The minimum Gasteiger partial charge on any atom is -0.483 e. The van der Waals surface area contributed by atoms with E-state index in [2.05, 4.69) is 21.0 Å². The van der Waals surface area contributed by atoms with Crippen LogP contribution in [-0.2, 0) is 16.1 Å². The molecule has 0 radical (unpaired) electrons. The summed E-state index contributed by atoms with van der Waals surface area (Å²) in [6.45, 7) is -0.351. The van der Waals surface area contributed by atoms with E-state index in [9.17, 15) is 9.59 Å². The third kappa shape index (κ3) is 5.10. The fourth-order valence-electron chi connectivity index (χ4n) is 3.01. The molecule has 4 aromatic rings. The highest BCUT2D eigenvalue weighted by Gasteiger charge is 2.14. The molecule has 8 nitrogen and oxygen atoms in total. The van der Waals surface area contributed by atoms with Crippen LogP contribution in [-0.4, -0.2) is 33.2 Å². The molecule has 0 bridgehead atoms. The summed E-state index contributed by atoms with van der Waals surface area (Å²) in [5.74, 6) is 0.201. The van der Waals surface area contributed by atoms with E-state index >= 15 is 0 Å². The Morgan fingerprint density at radius 3 is 2.53 bits per heavy atom. The second-order valence-electron chi connectivity index (χ2n) is 6.66. The number of rotatable bonds is 7. The number of carbonyl (C=O) groups excluding carboxylic acids is 2. The third-order valence-corrected chi connectivity index (χ3v) is 5.65. The van der Waals surface area contributed by atoms with E-state index in [1.165, 1.54) is 11.3 Å². The molecule has 2 amide bonds. The Morgan fingerprint density at radius 2 is 1.75 bits per heavy atom. The number of H-pyrrole nitrogens is 1. The molecule has 10 heteroatoms. The Labute approximate surface area is 192 Å². The van der Waals surface area contributed by atoms with Crippen molar-refractivity contribution < 1.29 is 14.3 Å². The van der Waals surface area contributed by atoms with Gasteiger partial charge in [0, 0.05) is 5.56 Å². The number of thiophene rings is 1. The number of nitrogens with one attached hydrogen (secondary N) is 3. The SMILES string of the molecule is O=C(COc1ccccc1-c1ccccc1)NNC(=O)Cn1c(-c2cccs2)n[nH]c1=S. The lowest BCUT2D eigenvalue weighted by atomic mass is 10.1. The molecule has 0 saturated heterocycles. The van der Waals surface area contributed by atoms with Crippen molar-refractivity contribution in [1.29, 1.82) is 0 Å². The van der Waals surface area contributed by atoms with Crippen molar-refractivity contribution in [3.63, 3.8) is 0 Å². The maximum Gasteiger partial charge on any atom is 0.276 e. The van der Waals surface area contributed by atoms with Crippen LogP contribution in [0.3, 0.4) is 0 Å². The third-order valence-electron chi connectivity index (χ3n) is 4.47. The summed E-state index contributed by atoms with van der Waals surface area (Å²) >= 11 is 6.70. The number of hydrogen-bond donors (Lipinski definition) is 3. The van der Waals surface area contributed by atoms with Gasteiger partial charge in [0.05, 0.1) is 4.88 Å². The summed E-state index contributed by atoms with van der Waals surface area (Å²) in [6.07, 6.45) is 0. The number of benzene rings is 2. The second kappa shape index (κ2) is 10.0. The summed E-state index contributed by atoms with van der Waals surface area (Å²) in [6, 6.07) is 21.0. The van der Waals surface area contributed by atoms with Crippen molar-refractivity contribution in [3.05, 3.63) is 76.9 Å². The van der Waals surface area contributed by atoms with Crippen LogP contribution in [0.15, 0.2) is 72.1 Å². The molecule has 2 aromatic carbocycles. The van der Waals surface area contributed by atoms with Crippen molar-refractivity contribution in [3.8, 4) is 27.6 Å². The number of nitrogens with zero attached hydrogens (tertiary/aromatic N) is 2. The Bertz CT molecular complexity index is 1270. The van der Waals surface area contributed by atoms with Crippen molar-refractivity contribution in [1.82, 2.24) is 25.6 Å². The molecular formula is C22H19N5O3S2. The van der Waals surface area contributed by atoms with Gasteiger partial charge in [0.1, 0.15) is 12.3 Å². The monoisotopic (exact) mass is 465 g/mol. The van der Waals surface area contributed by atoms with Gasteiger partial charge in [0.15, 0.2) is 17.2 Å². The van der Waals surface area contributed by atoms with Crippen molar-refractivity contribution in [2.75, 3.05) is 6.61 Å². The van der Waals surface area contributed by atoms with E-state index < -0.39 is 11.8 Å². The molecule has 0 atom stereocenters. The molecule has 2 aromatic heterocycles. The average Bonchev–Trinajstić information content (AvgIpc) is 3.47. The van der Waals surface area contributed by atoms with Crippen LogP contribution in [0, 0.1) is 4.77 Å². The van der Waals surface area contributed by atoms with Crippen LogP contribution >= 0.6 is 23.6 Å². The van der Waals surface area contributed by atoms with Crippen molar-refractivity contribution in [2.45, 2.75) is 6.54 Å². The first-order valence-corrected chi connectivity index (χ1v) is 10.9. The van der Waals surface area contributed by atoms with Crippen LogP contribution in [0.4, 0.5) is 0 Å². The number of aromatic amines is 1. The molecule has 0 spiro atoms. The van der Waals surface area contributed by atoms with E-state index in [0.29, 0.717) is 16.3 Å². The molecular weight excluding hydrogens is 446 g/mol. The van der Waals surface area contributed by atoms with Gasteiger partial charge in [0.25, 0.3) is 11.8 Å². The van der Waals surface area contributed by atoms with Crippen molar-refractivity contribution >= 4 is 35.4 Å². The molecule has 0 fully saturated rings. The normalized spacial score (nSPS) is 10.5. The minimum atomic E-state index is -0.490. The molecule has 32 heavy (non-hydrogen) atoms. The van der Waals surface area contributed by atoms with Gasteiger partial charge in [0.2, 0.25) is 0 Å². The van der Waals surface area contributed by atoms with E-state index in [1.807, 2.05) is 66.0 Å². The highest BCUT2D eigenvalue weighted by atomic mass is 32.1. The van der Waals surface area contributed by atoms with Gasteiger partial charge in [-0.05, 0) is 35.3 Å². The number of carbonyl (C=O) groups is 2. The van der Waals surface area contributed by atoms with E-state index in [-0.39, 0.29) is 13.2 Å². The van der Waals surface area contributed by atoms with E-state index in [4.69, 9.17) is 17.0 Å². The largest absolute Gasteiger partial charge is 0.483 e. The maximum atomic E-state index is 12.3. The molecule has 0 aliphatic carbocycles. The molecule has 2 heterocycles. The topological polar surface area (TPSA) is 101 Å². The Hall–Kier alpha value is -3.76. The number of para-hydroxylation sites is 1. The summed E-state index contributed by atoms with van der Waals surface area (Å²) in [5.41, 5.74) is 6.60. The average molecular weight is 466 g/mol. The van der Waals surface area contributed by atoms with E-state index in [0.717, 1.165) is 16.0 Å². The van der Waals surface area contributed by atoms with Crippen LogP contribution in [0.5, 0.6) is 5.75 Å². The molecule has 4 rings (SSSR count). The Morgan fingerprint density at radius 1 is 1.00 bits per heavy atom. The van der Waals surface area contributed by atoms with Gasteiger partial charge in [-0.1, -0.05) is 54.6 Å². The second-order valence-corrected chi connectivity index (χ2v) is 8.00. The molecule has 0 aliphatic rings. The quantitative estimate of drug-likeness (QED) is 0.286. The van der Waals surface area contributed by atoms with Gasteiger partial charge in [-0.15, -0.1) is 11.3 Å². The Balaban J connectivity index is 1.32. The lowest BCUT2D eigenvalue weighted by Crippen LogP contribution is -2.45. The number of amides is 2.